The summed E-state index contributed by atoms with van der Waals surface area (Å²) >= 11 is 7.58. The van der Waals surface area contributed by atoms with Crippen LogP contribution in [-0.4, -0.2) is 10.9 Å². The fourth-order valence-corrected chi connectivity index (χ4v) is 3.20. The number of carbonyl (C=O) groups is 1. The van der Waals surface area contributed by atoms with Crippen molar-refractivity contribution in [3.8, 4) is 10.6 Å². The molecule has 2 aromatic heterocycles. The molecule has 0 atom stereocenters. The van der Waals surface area contributed by atoms with Crippen LogP contribution in [0.1, 0.15) is 21.6 Å². The highest BCUT2D eigenvalue weighted by Gasteiger charge is 2.11. The number of hydrogen-bond donors (Lipinski definition) is 1. The molecule has 3 aromatic rings. The van der Waals surface area contributed by atoms with Crippen LogP contribution in [0.25, 0.3) is 10.6 Å². The van der Waals surface area contributed by atoms with Crippen molar-refractivity contribution in [2.24, 2.45) is 0 Å². The maximum Gasteiger partial charge on any atom is 0.253 e. The number of aryl methyl sites for hydroxylation is 1. The Bertz CT molecular complexity index is 831. The average molecular weight is 343 g/mol. The van der Waals surface area contributed by atoms with Gasteiger partial charge < -0.3 is 5.32 Å². The Kier molecular flexibility index (Phi) is 4.74. The van der Waals surface area contributed by atoms with Crippen molar-refractivity contribution in [2.75, 3.05) is 0 Å². The fraction of sp³-hybridized carbons (Fsp3) is 0.111. The Morgan fingerprint density at radius 2 is 2.09 bits per heavy atom. The van der Waals surface area contributed by atoms with Gasteiger partial charge in [0.05, 0.1) is 21.8 Å². The third-order valence-corrected chi connectivity index (χ3v) is 4.57. The first-order valence-corrected chi connectivity index (χ1v) is 8.43. The minimum atomic E-state index is -0.132. The Labute approximate surface area is 144 Å². The van der Waals surface area contributed by atoms with Crippen LogP contribution in [0.2, 0.25) is 5.02 Å². The summed E-state index contributed by atoms with van der Waals surface area (Å²) in [5.74, 6) is -0.132. The molecular formula is C18H15ClN2OS. The van der Waals surface area contributed by atoms with Crippen molar-refractivity contribution >= 4 is 28.8 Å². The number of thiophene rings is 1. The molecule has 5 heteroatoms. The second-order valence-corrected chi connectivity index (χ2v) is 6.50. The van der Waals surface area contributed by atoms with Gasteiger partial charge in [-0.1, -0.05) is 29.8 Å². The number of hydrogen-bond acceptors (Lipinski definition) is 3. The summed E-state index contributed by atoms with van der Waals surface area (Å²) in [5.41, 5.74) is 3.17. The second kappa shape index (κ2) is 6.94. The minimum absolute atomic E-state index is 0.132. The van der Waals surface area contributed by atoms with Crippen LogP contribution in [0.3, 0.4) is 0 Å². The normalized spacial score (nSPS) is 10.5. The number of pyridine rings is 1. The van der Waals surface area contributed by atoms with Gasteiger partial charge in [0.1, 0.15) is 0 Å². The van der Waals surface area contributed by atoms with Crippen LogP contribution < -0.4 is 5.32 Å². The first kappa shape index (κ1) is 15.7. The molecule has 0 aliphatic heterocycles. The molecule has 0 saturated carbocycles. The Morgan fingerprint density at radius 3 is 2.78 bits per heavy atom. The smallest absolute Gasteiger partial charge is 0.253 e. The molecule has 0 radical (unpaired) electrons. The quantitative estimate of drug-likeness (QED) is 0.746. The van der Waals surface area contributed by atoms with Gasteiger partial charge >= 0.3 is 0 Å². The van der Waals surface area contributed by atoms with E-state index in [9.17, 15) is 4.79 Å². The molecule has 0 fully saturated rings. The molecule has 0 aliphatic rings. The molecule has 116 valence electrons. The molecule has 3 rings (SSSR count). The van der Waals surface area contributed by atoms with Crippen molar-refractivity contribution in [3.63, 3.8) is 0 Å². The van der Waals surface area contributed by atoms with Gasteiger partial charge in [-0.25, -0.2) is 0 Å². The van der Waals surface area contributed by atoms with E-state index >= 15 is 0 Å². The van der Waals surface area contributed by atoms with E-state index in [1.54, 1.807) is 11.3 Å². The molecule has 3 nitrogen and oxygen atoms in total. The van der Waals surface area contributed by atoms with E-state index in [0.717, 1.165) is 21.8 Å². The number of carbonyl (C=O) groups excluding carboxylic acids is 1. The maximum atomic E-state index is 12.3. The lowest BCUT2D eigenvalue weighted by molar-refractivity contribution is 0.0950. The third-order valence-electron chi connectivity index (χ3n) is 3.45. The summed E-state index contributed by atoms with van der Waals surface area (Å²) < 4.78 is 0. The van der Waals surface area contributed by atoms with Crippen LogP contribution in [0, 0.1) is 6.92 Å². The van der Waals surface area contributed by atoms with Crippen molar-refractivity contribution in [1.82, 2.24) is 10.3 Å². The first-order valence-electron chi connectivity index (χ1n) is 7.17. The number of benzene rings is 1. The molecule has 1 aromatic carbocycles. The largest absolute Gasteiger partial charge is 0.348 e. The number of rotatable bonds is 4. The molecule has 2 heterocycles. The third kappa shape index (κ3) is 3.78. The number of nitrogens with zero attached hydrogens (tertiary/aromatic N) is 1. The minimum Gasteiger partial charge on any atom is -0.348 e. The Balaban J connectivity index is 1.72. The lowest BCUT2D eigenvalue weighted by Gasteiger charge is -2.09. The summed E-state index contributed by atoms with van der Waals surface area (Å²) in [5, 5.41) is 5.58. The van der Waals surface area contributed by atoms with Gasteiger partial charge in [0, 0.05) is 11.6 Å². The highest BCUT2D eigenvalue weighted by molar-refractivity contribution is 7.13. The summed E-state index contributed by atoms with van der Waals surface area (Å²) in [6, 6.07) is 15.2. The van der Waals surface area contributed by atoms with E-state index < -0.39 is 0 Å². The zero-order valence-corrected chi connectivity index (χ0v) is 14.1. The lowest BCUT2D eigenvalue weighted by atomic mass is 10.1. The topological polar surface area (TPSA) is 42.0 Å². The van der Waals surface area contributed by atoms with Crippen LogP contribution in [0.5, 0.6) is 0 Å². The summed E-state index contributed by atoms with van der Waals surface area (Å²) in [6.45, 7) is 2.29. The lowest BCUT2D eigenvalue weighted by Crippen LogP contribution is -2.24. The van der Waals surface area contributed by atoms with Crippen molar-refractivity contribution in [1.29, 1.82) is 0 Å². The number of halogens is 1. The molecule has 0 spiro atoms. The van der Waals surface area contributed by atoms with Gasteiger partial charge in [-0.3, -0.25) is 9.78 Å². The predicted molar refractivity (Wildman–Crippen MR) is 94.9 cm³/mol. The highest BCUT2D eigenvalue weighted by atomic mass is 35.5. The van der Waals surface area contributed by atoms with E-state index in [-0.39, 0.29) is 5.91 Å². The average Bonchev–Trinajstić information content (AvgIpc) is 3.07. The van der Waals surface area contributed by atoms with E-state index in [2.05, 4.69) is 10.3 Å². The van der Waals surface area contributed by atoms with E-state index in [0.29, 0.717) is 17.1 Å². The molecule has 0 unspecified atom stereocenters. The molecule has 0 saturated heterocycles. The molecule has 23 heavy (non-hydrogen) atoms. The highest BCUT2D eigenvalue weighted by Crippen LogP contribution is 2.23. The van der Waals surface area contributed by atoms with Crippen molar-refractivity contribution < 1.29 is 4.79 Å². The molecule has 1 amide bonds. The van der Waals surface area contributed by atoms with Gasteiger partial charge in [0.2, 0.25) is 0 Å². The number of nitrogens with one attached hydrogen (secondary N) is 1. The van der Waals surface area contributed by atoms with Crippen LogP contribution in [0.4, 0.5) is 0 Å². The first-order chi connectivity index (χ1) is 11.1. The number of aromatic nitrogens is 1. The second-order valence-electron chi connectivity index (χ2n) is 5.12. The van der Waals surface area contributed by atoms with Gasteiger partial charge in [0.25, 0.3) is 5.91 Å². The Morgan fingerprint density at radius 1 is 1.22 bits per heavy atom. The van der Waals surface area contributed by atoms with Gasteiger partial charge in [0.15, 0.2) is 0 Å². The maximum absolute atomic E-state index is 12.3. The SMILES string of the molecule is Cc1nc(-c2cccs2)ccc1C(=O)NCc1cccc(Cl)c1. The fourth-order valence-electron chi connectivity index (χ4n) is 2.29. The van der Waals surface area contributed by atoms with Gasteiger partial charge in [-0.15, -0.1) is 11.3 Å². The summed E-state index contributed by atoms with van der Waals surface area (Å²) in [6.07, 6.45) is 0. The van der Waals surface area contributed by atoms with Crippen molar-refractivity contribution in [3.05, 3.63) is 75.8 Å². The monoisotopic (exact) mass is 342 g/mol. The zero-order valence-electron chi connectivity index (χ0n) is 12.5. The zero-order chi connectivity index (χ0) is 16.2. The predicted octanol–water partition coefficient (Wildman–Crippen LogP) is 4.70. The molecule has 0 bridgehead atoms. The van der Waals surface area contributed by atoms with Gasteiger partial charge in [-0.05, 0) is 48.2 Å². The van der Waals surface area contributed by atoms with Gasteiger partial charge in [-0.2, -0.15) is 0 Å². The molecule has 0 aliphatic carbocycles. The van der Waals surface area contributed by atoms with E-state index in [1.807, 2.05) is 60.8 Å². The summed E-state index contributed by atoms with van der Waals surface area (Å²) in [7, 11) is 0. The van der Waals surface area contributed by atoms with Crippen LogP contribution >= 0.6 is 22.9 Å². The van der Waals surface area contributed by atoms with Crippen LogP contribution in [-0.2, 0) is 6.54 Å². The van der Waals surface area contributed by atoms with E-state index in [4.69, 9.17) is 11.6 Å². The Hall–Kier alpha value is -2.17. The van der Waals surface area contributed by atoms with Crippen molar-refractivity contribution in [2.45, 2.75) is 13.5 Å². The summed E-state index contributed by atoms with van der Waals surface area (Å²) in [4.78, 5) is 18.0. The van der Waals surface area contributed by atoms with Crippen LogP contribution in [0.15, 0.2) is 53.9 Å². The number of amides is 1. The molecule has 1 N–H and O–H groups in total. The standard InChI is InChI=1S/C18H15ClN2OS/c1-12-15(7-8-16(21-12)17-6-3-9-23-17)18(22)20-11-13-4-2-5-14(19)10-13/h2-10H,11H2,1H3,(H,20,22). The molecular weight excluding hydrogens is 328 g/mol. The van der Waals surface area contributed by atoms with E-state index in [1.165, 1.54) is 0 Å².